The van der Waals surface area contributed by atoms with Crippen molar-refractivity contribution in [2.75, 3.05) is 17.7 Å². The molecule has 1 heterocycles. The van der Waals surface area contributed by atoms with Crippen molar-refractivity contribution in [3.05, 3.63) is 46.7 Å². The topological polar surface area (TPSA) is 29.3 Å². The third-order valence-corrected chi connectivity index (χ3v) is 3.08. The van der Waals surface area contributed by atoms with Crippen LogP contribution in [0, 0.1) is 0 Å². The van der Waals surface area contributed by atoms with Gasteiger partial charge in [0.15, 0.2) is 0 Å². The second-order valence-corrected chi connectivity index (χ2v) is 4.33. The predicted octanol–water partition coefficient (Wildman–Crippen LogP) is 2.97. The van der Waals surface area contributed by atoms with E-state index in [1.807, 2.05) is 24.3 Å². The van der Waals surface area contributed by atoms with Gasteiger partial charge in [0.1, 0.15) is 0 Å². The van der Waals surface area contributed by atoms with Gasteiger partial charge in [-0.05, 0) is 34.5 Å². The minimum absolute atomic E-state index is 0.829. The number of rotatable bonds is 3. The fourth-order valence-electron chi connectivity index (χ4n) is 1.58. The van der Waals surface area contributed by atoms with Crippen LogP contribution in [0.4, 0.5) is 11.4 Å². The van der Waals surface area contributed by atoms with Gasteiger partial charge in [0.05, 0.1) is 11.4 Å². The van der Waals surface area contributed by atoms with Gasteiger partial charge >= 0.3 is 0 Å². The van der Waals surface area contributed by atoms with Crippen molar-refractivity contribution in [3.8, 4) is 0 Å². The summed E-state index contributed by atoms with van der Waals surface area (Å²) >= 11 is 1.72. The van der Waals surface area contributed by atoms with Crippen LogP contribution in [-0.4, -0.2) is 7.05 Å². The number of benzene rings is 1. The van der Waals surface area contributed by atoms with Crippen molar-refractivity contribution in [1.29, 1.82) is 0 Å². The Hall–Kier alpha value is -1.48. The van der Waals surface area contributed by atoms with Gasteiger partial charge < -0.3 is 10.6 Å². The van der Waals surface area contributed by atoms with Gasteiger partial charge in [0.25, 0.3) is 0 Å². The molecule has 2 aromatic rings. The molecule has 0 fully saturated rings. The van der Waals surface area contributed by atoms with Crippen LogP contribution in [0.3, 0.4) is 0 Å². The Labute approximate surface area is 94.0 Å². The van der Waals surface area contributed by atoms with Crippen LogP contribution in [0.25, 0.3) is 0 Å². The highest BCUT2D eigenvalue weighted by Gasteiger charge is 2.04. The minimum atomic E-state index is 0.829. The van der Waals surface area contributed by atoms with E-state index < -0.39 is 0 Å². The number of nitrogens with two attached hydrogens (primary N) is 1. The molecule has 1 aromatic heterocycles. The number of anilines is 2. The fourth-order valence-corrected chi connectivity index (χ4v) is 2.24. The van der Waals surface area contributed by atoms with E-state index in [-0.39, 0.29) is 0 Å². The molecule has 0 saturated heterocycles. The summed E-state index contributed by atoms with van der Waals surface area (Å²) in [4.78, 5) is 2.16. The molecule has 0 spiro atoms. The molecule has 0 aliphatic carbocycles. The molecular weight excluding hydrogens is 204 g/mol. The Morgan fingerprint density at radius 2 is 2.07 bits per heavy atom. The minimum Gasteiger partial charge on any atom is -0.397 e. The van der Waals surface area contributed by atoms with Crippen LogP contribution in [-0.2, 0) is 6.54 Å². The number of nitrogens with zero attached hydrogens (tertiary/aromatic N) is 1. The standard InChI is InChI=1S/C12H14N2S/c1-14(8-10-6-7-15-9-10)12-5-3-2-4-11(12)13/h2-7,9H,8,13H2,1H3. The lowest BCUT2D eigenvalue weighted by molar-refractivity contribution is 0.929. The van der Waals surface area contributed by atoms with E-state index in [1.54, 1.807) is 11.3 Å². The van der Waals surface area contributed by atoms with Crippen molar-refractivity contribution >= 4 is 22.7 Å². The molecule has 0 radical (unpaired) electrons. The number of para-hydroxylation sites is 2. The first-order chi connectivity index (χ1) is 7.27. The first kappa shape index (κ1) is 10.1. The van der Waals surface area contributed by atoms with Gasteiger partial charge in [0.2, 0.25) is 0 Å². The van der Waals surface area contributed by atoms with Gasteiger partial charge in [0, 0.05) is 13.6 Å². The maximum Gasteiger partial charge on any atom is 0.0600 e. The fraction of sp³-hybridized carbons (Fsp3) is 0.167. The maximum atomic E-state index is 5.91. The van der Waals surface area contributed by atoms with Crippen LogP contribution in [0.5, 0.6) is 0 Å². The summed E-state index contributed by atoms with van der Waals surface area (Å²) in [5.74, 6) is 0. The summed E-state index contributed by atoms with van der Waals surface area (Å²) in [7, 11) is 2.06. The second-order valence-electron chi connectivity index (χ2n) is 3.55. The summed E-state index contributed by atoms with van der Waals surface area (Å²) in [6.45, 7) is 0.901. The Bertz CT molecular complexity index is 423. The molecule has 2 rings (SSSR count). The van der Waals surface area contributed by atoms with Crippen molar-refractivity contribution < 1.29 is 0 Å². The highest BCUT2D eigenvalue weighted by Crippen LogP contribution is 2.23. The van der Waals surface area contributed by atoms with Crippen LogP contribution >= 0.6 is 11.3 Å². The average Bonchev–Trinajstić information content (AvgIpc) is 2.71. The van der Waals surface area contributed by atoms with E-state index in [2.05, 4.69) is 28.8 Å². The first-order valence-corrected chi connectivity index (χ1v) is 5.78. The van der Waals surface area contributed by atoms with Gasteiger partial charge in [-0.15, -0.1) is 0 Å². The van der Waals surface area contributed by atoms with Gasteiger partial charge in [-0.3, -0.25) is 0 Å². The molecule has 0 atom stereocenters. The van der Waals surface area contributed by atoms with E-state index >= 15 is 0 Å². The van der Waals surface area contributed by atoms with Crippen molar-refractivity contribution in [2.45, 2.75) is 6.54 Å². The van der Waals surface area contributed by atoms with Crippen LogP contribution in [0.15, 0.2) is 41.1 Å². The zero-order valence-electron chi connectivity index (χ0n) is 8.68. The quantitative estimate of drug-likeness (QED) is 0.802. The van der Waals surface area contributed by atoms with Crippen molar-refractivity contribution in [3.63, 3.8) is 0 Å². The van der Waals surface area contributed by atoms with Crippen molar-refractivity contribution in [2.24, 2.45) is 0 Å². The van der Waals surface area contributed by atoms with Crippen LogP contribution in [0.1, 0.15) is 5.56 Å². The van der Waals surface area contributed by atoms with Crippen molar-refractivity contribution in [1.82, 2.24) is 0 Å². The Morgan fingerprint density at radius 1 is 1.27 bits per heavy atom. The second kappa shape index (κ2) is 4.36. The monoisotopic (exact) mass is 218 g/mol. The number of thiophene rings is 1. The van der Waals surface area contributed by atoms with Crippen LogP contribution < -0.4 is 10.6 Å². The van der Waals surface area contributed by atoms with Gasteiger partial charge in [-0.1, -0.05) is 12.1 Å². The lowest BCUT2D eigenvalue weighted by Crippen LogP contribution is -2.17. The summed E-state index contributed by atoms with van der Waals surface area (Å²) in [5.41, 5.74) is 9.15. The molecular formula is C12H14N2S. The zero-order chi connectivity index (χ0) is 10.7. The molecule has 15 heavy (non-hydrogen) atoms. The molecule has 0 bridgehead atoms. The third kappa shape index (κ3) is 2.30. The molecule has 0 saturated carbocycles. The zero-order valence-corrected chi connectivity index (χ0v) is 9.50. The smallest absolute Gasteiger partial charge is 0.0600 e. The Kier molecular flexibility index (Phi) is 2.92. The Balaban J connectivity index is 2.15. The van der Waals surface area contributed by atoms with E-state index in [9.17, 15) is 0 Å². The molecule has 1 aromatic carbocycles. The number of hydrogen-bond donors (Lipinski definition) is 1. The van der Waals surface area contributed by atoms with Gasteiger partial charge in [-0.25, -0.2) is 0 Å². The maximum absolute atomic E-state index is 5.91. The summed E-state index contributed by atoms with van der Waals surface area (Å²) in [5, 5.41) is 4.26. The molecule has 0 unspecified atom stereocenters. The van der Waals surface area contributed by atoms with E-state index in [0.29, 0.717) is 0 Å². The molecule has 0 aliphatic heterocycles. The first-order valence-electron chi connectivity index (χ1n) is 4.84. The summed E-state index contributed by atoms with van der Waals surface area (Å²) in [6, 6.07) is 10.1. The molecule has 0 aliphatic rings. The lowest BCUT2D eigenvalue weighted by Gasteiger charge is -2.20. The van der Waals surface area contributed by atoms with Gasteiger partial charge in [-0.2, -0.15) is 11.3 Å². The molecule has 2 nitrogen and oxygen atoms in total. The summed E-state index contributed by atoms with van der Waals surface area (Å²) in [6.07, 6.45) is 0. The predicted molar refractivity (Wildman–Crippen MR) is 67.3 cm³/mol. The molecule has 2 N–H and O–H groups in total. The average molecular weight is 218 g/mol. The number of nitrogen functional groups attached to an aromatic ring is 1. The highest BCUT2D eigenvalue weighted by atomic mass is 32.1. The highest BCUT2D eigenvalue weighted by molar-refractivity contribution is 7.07. The lowest BCUT2D eigenvalue weighted by atomic mass is 10.2. The van der Waals surface area contributed by atoms with E-state index in [0.717, 1.165) is 17.9 Å². The third-order valence-electron chi connectivity index (χ3n) is 2.35. The van der Waals surface area contributed by atoms with E-state index in [4.69, 9.17) is 5.73 Å². The number of hydrogen-bond acceptors (Lipinski definition) is 3. The summed E-state index contributed by atoms with van der Waals surface area (Å²) < 4.78 is 0. The van der Waals surface area contributed by atoms with E-state index in [1.165, 1.54) is 5.56 Å². The Morgan fingerprint density at radius 3 is 2.73 bits per heavy atom. The molecule has 3 heteroatoms. The molecule has 78 valence electrons. The largest absolute Gasteiger partial charge is 0.397 e. The normalized spacial score (nSPS) is 10.2. The molecule has 0 amide bonds. The SMILES string of the molecule is CN(Cc1ccsc1)c1ccccc1N. The van der Waals surface area contributed by atoms with Crippen LogP contribution in [0.2, 0.25) is 0 Å².